The van der Waals surface area contributed by atoms with Crippen LogP contribution in [0.1, 0.15) is 34.9 Å². The second-order valence-electron chi connectivity index (χ2n) is 6.99. The zero-order valence-corrected chi connectivity index (χ0v) is 15.3. The average Bonchev–Trinajstić information content (AvgIpc) is 3.23. The monoisotopic (exact) mass is 379 g/mol. The van der Waals surface area contributed by atoms with Crippen LogP contribution in [0, 0.1) is 0 Å². The van der Waals surface area contributed by atoms with Crippen molar-refractivity contribution in [3.8, 4) is 0 Å². The molecule has 1 aliphatic rings. The van der Waals surface area contributed by atoms with Gasteiger partial charge in [0.2, 0.25) is 5.91 Å². The highest BCUT2D eigenvalue weighted by Gasteiger charge is 2.25. The van der Waals surface area contributed by atoms with Gasteiger partial charge in [-0.15, -0.1) is 5.10 Å². The number of nitrogens with zero attached hydrogens (tertiary/aromatic N) is 4. The lowest BCUT2D eigenvalue weighted by molar-refractivity contribution is -0.131. The van der Waals surface area contributed by atoms with E-state index in [1.165, 1.54) is 11.6 Å². The number of carbonyl (C=O) groups is 2. The first kappa shape index (κ1) is 18.1. The van der Waals surface area contributed by atoms with Gasteiger partial charge in [-0.2, -0.15) is 0 Å². The summed E-state index contributed by atoms with van der Waals surface area (Å²) >= 11 is 0. The van der Waals surface area contributed by atoms with Gasteiger partial charge in [-0.1, -0.05) is 47.7 Å². The third-order valence-corrected chi connectivity index (χ3v) is 5.21. The molecule has 8 nitrogen and oxygen atoms in total. The maximum Gasteiger partial charge on any atom is 0.296 e. The van der Waals surface area contributed by atoms with Gasteiger partial charge >= 0.3 is 0 Å². The van der Waals surface area contributed by atoms with Gasteiger partial charge in [0.15, 0.2) is 5.69 Å². The lowest BCUT2D eigenvalue weighted by Crippen LogP contribution is -2.40. The first-order valence-electron chi connectivity index (χ1n) is 9.26. The Morgan fingerprint density at radius 2 is 1.86 bits per heavy atom. The van der Waals surface area contributed by atoms with E-state index < -0.39 is 5.91 Å². The molecule has 1 aliphatic heterocycles. The number of rotatable bonds is 4. The molecular formula is C20H21N5O3. The number of amides is 2. The Balaban J connectivity index is 1.35. The number of benzene rings is 2. The molecule has 8 heteroatoms. The molecule has 0 unspecified atom stereocenters. The van der Waals surface area contributed by atoms with E-state index >= 15 is 0 Å². The fourth-order valence-electron chi connectivity index (χ4n) is 3.63. The Morgan fingerprint density at radius 3 is 2.61 bits per heavy atom. The summed E-state index contributed by atoms with van der Waals surface area (Å²) in [6.45, 7) is 1.27. The van der Waals surface area contributed by atoms with Gasteiger partial charge < -0.3 is 4.90 Å². The second kappa shape index (κ2) is 7.77. The van der Waals surface area contributed by atoms with Crippen molar-refractivity contribution in [2.45, 2.75) is 25.3 Å². The van der Waals surface area contributed by atoms with Crippen LogP contribution in [0.4, 0.5) is 0 Å². The highest BCUT2D eigenvalue weighted by molar-refractivity contribution is 5.90. The SMILES string of the molecule is O=C(NO)c1cn(C2CCN(C(=O)Cc3ccc4ccccc4c3)CC2)nn1. The fourth-order valence-corrected chi connectivity index (χ4v) is 3.63. The lowest BCUT2D eigenvalue weighted by atomic mass is 10.0. The van der Waals surface area contributed by atoms with E-state index in [1.54, 1.807) is 10.2 Å². The molecule has 2 N–H and O–H groups in total. The number of hydrogen-bond donors (Lipinski definition) is 2. The molecule has 0 spiro atoms. The summed E-state index contributed by atoms with van der Waals surface area (Å²) in [5, 5.41) is 18.7. The molecule has 2 amide bonds. The van der Waals surface area contributed by atoms with Crippen molar-refractivity contribution in [2.75, 3.05) is 13.1 Å². The van der Waals surface area contributed by atoms with Gasteiger partial charge in [0.05, 0.1) is 18.7 Å². The predicted molar refractivity (Wildman–Crippen MR) is 102 cm³/mol. The number of likely N-dealkylation sites (tertiary alicyclic amines) is 1. The van der Waals surface area contributed by atoms with E-state index in [0.717, 1.165) is 23.8 Å². The molecule has 0 atom stereocenters. The smallest absolute Gasteiger partial charge is 0.296 e. The highest BCUT2D eigenvalue weighted by Crippen LogP contribution is 2.23. The number of fused-ring (bicyclic) bond motifs is 1. The third kappa shape index (κ3) is 3.72. The van der Waals surface area contributed by atoms with Crippen molar-refractivity contribution in [2.24, 2.45) is 0 Å². The van der Waals surface area contributed by atoms with E-state index in [9.17, 15) is 9.59 Å². The van der Waals surface area contributed by atoms with Crippen LogP contribution in [0.2, 0.25) is 0 Å². The third-order valence-electron chi connectivity index (χ3n) is 5.21. The van der Waals surface area contributed by atoms with E-state index in [1.807, 2.05) is 23.1 Å². The van der Waals surface area contributed by atoms with E-state index in [0.29, 0.717) is 19.5 Å². The average molecular weight is 379 g/mol. The maximum absolute atomic E-state index is 12.7. The van der Waals surface area contributed by atoms with E-state index in [4.69, 9.17) is 5.21 Å². The van der Waals surface area contributed by atoms with Crippen LogP contribution in [-0.4, -0.2) is 50.0 Å². The van der Waals surface area contributed by atoms with E-state index in [-0.39, 0.29) is 17.6 Å². The summed E-state index contributed by atoms with van der Waals surface area (Å²) in [5.41, 5.74) is 2.63. The van der Waals surface area contributed by atoms with Gasteiger partial charge in [-0.05, 0) is 29.2 Å². The van der Waals surface area contributed by atoms with Crippen molar-refractivity contribution >= 4 is 22.6 Å². The summed E-state index contributed by atoms with van der Waals surface area (Å²) < 4.78 is 1.63. The number of aromatic nitrogens is 3. The molecule has 0 bridgehead atoms. The standard InChI is InChI=1S/C20H21N5O3/c26-19(12-14-5-6-15-3-1-2-4-16(15)11-14)24-9-7-17(8-10-24)25-13-18(21-23-25)20(27)22-28/h1-6,11,13,17,28H,7-10,12H2,(H,22,27). The minimum atomic E-state index is -0.686. The Morgan fingerprint density at radius 1 is 1.11 bits per heavy atom. The molecule has 4 rings (SSSR count). The molecule has 0 aliphatic carbocycles. The molecule has 144 valence electrons. The Labute approximate surface area is 161 Å². The molecule has 2 aromatic carbocycles. The largest absolute Gasteiger partial charge is 0.342 e. The Kier molecular flexibility index (Phi) is 5.03. The predicted octanol–water partition coefficient (Wildman–Crippen LogP) is 1.96. The van der Waals surface area contributed by atoms with Crippen LogP contribution in [0.5, 0.6) is 0 Å². The Bertz CT molecular complexity index is 1010. The van der Waals surface area contributed by atoms with Crippen molar-refractivity contribution in [1.82, 2.24) is 25.4 Å². The van der Waals surface area contributed by atoms with Gasteiger partial charge in [-0.3, -0.25) is 14.8 Å². The van der Waals surface area contributed by atoms with Crippen LogP contribution in [-0.2, 0) is 11.2 Å². The van der Waals surface area contributed by atoms with E-state index in [2.05, 4.69) is 34.6 Å². The minimum Gasteiger partial charge on any atom is -0.342 e. The van der Waals surface area contributed by atoms with Crippen LogP contribution < -0.4 is 5.48 Å². The number of piperidine rings is 1. The van der Waals surface area contributed by atoms with Gasteiger partial charge in [0.1, 0.15) is 0 Å². The molecule has 3 aromatic rings. The highest BCUT2D eigenvalue weighted by atomic mass is 16.5. The second-order valence-corrected chi connectivity index (χ2v) is 6.99. The van der Waals surface area contributed by atoms with Crippen molar-refractivity contribution in [3.63, 3.8) is 0 Å². The minimum absolute atomic E-state index is 0.0670. The first-order valence-corrected chi connectivity index (χ1v) is 9.26. The summed E-state index contributed by atoms with van der Waals surface area (Å²) in [4.78, 5) is 25.9. The van der Waals surface area contributed by atoms with Crippen molar-refractivity contribution in [1.29, 1.82) is 0 Å². The lowest BCUT2D eigenvalue weighted by Gasteiger charge is -2.32. The molecule has 0 radical (unpaired) electrons. The van der Waals surface area contributed by atoms with Crippen molar-refractivity contribution < 1.29 is 14.8 Å². The van der Waals surface area contributed by atoms with Crippen LogP contribution in [0.25, 0.3) is 10.8 Å². The molecule has 1 aromatic heterocycles. The van der Waals surface area contributed by atoms with Crippen LogP contribution >= 0.6 is 0 Å². The first-order chi connectivity index (χ1) is 13.6. The van der Waals surface area contributed by atoms with Gasteiger partial charge in [-0.25, -0.2) is 10.2 Å². The zero-order valence-electron chi connectivity index (χ0n) is 15.3. The number of hydrogen-bond acceptors (Lipinski definition) is 5. The molecule has 2 heterocycles. The molecular weight excluding hydrogens is 358 g/mol. The summed E-state index contributed by atoms with van der Waals surface area (Å²) in [6, 6.07) is 14.3. The van der Waals surface area contributed by atoms with Gasteiger partial charge in [0, 0.05) is 13.1 Å². The maximum atomic E-state index is 12.7. The summed E-state index contributed by atoms with van der Waals surface area (Å²) in [7, 11) is 0. The topological polar surface area (TPSA) is 100 Å². The molecule has 0 saturated carbocycles. The van der Waals surface area contributed by atoms with Crippen LogP contribution in [0.15, 0.2) is 48.7 Å². The van der Waals surface area contributed by atoms with Crippen molar-refractivity contribution in [3.05, 3.63) is 59.9 Å². The fraction of sp³-hybridized carbons (Fsp3) is 0.300. The normalized spacial score (nSPS) is 15.0. The molecule has 28 heavy (non-hydrogen) atoms. The number of nitrogens with one attached hydrogen (secondary N) is 1. The van der Waals surface area contributed by atoms with Crippen LogP contribution in [0.3, 0.4) is 0 Å². The summed E-state index contributed by atoms with van der Waals surface area (Å²) in [5.74, 6) is -0.568. The summed E-state index contributed by atoms with van der Waals surface area (Å²) in [6.07, 6.45) is 3.39. The number of hydroxylamine groups is 1. The zero-order chi connectivity index (χ0) is 19.5. The molecule has 1 fully saturated rings. The Hall–Kier alpha value is -3.26. The number of carbonyl (C=O) groups excluding carboxylic acids is 2. The molecule has 1 saturated heterocycles. The quantitative estimate of drug-likeness (QED) is 0.533. The van der Waals surface area contributed by atoms with Gasteiger partial charge in [0.25, 0.3) is 5.91 Å².